The molecule has 0 unspecified atom stereocenters. The first-order chi connectivity index (χ1) is 11.4. The van der Waals surface area contributed by atoms with E-state index in [-0.39, 0.29) is 18.2 Å². The molecule has 2 amide bonds. The Bertz CT molecular complexity index is 826. The lowest BCUT2D eigenvalue weighted by Crippen LogP contribution is -2.35. The molecule has 1 N–H and O–H groups in total. The van der Waals surface area contributed by atoms with Gasteiger partial charge in [-0.15, -0.1) is 0 Å². The Morgan fingerprint density at radius 1 is 0.917 bits per heavy atom. The summed E-state index contributed by atoms with van der Waals surface area (Å²) in [6, 6.07) is 11.1. The van der Waals surface area contributed by atoms with Gasteiger partial charge in [-0.1, -0.05) is 24.3 Å². The third-order valence-corrected chi connectivity index (χ3v) is 4.90. The maximum atomic E-state index is 12.8. The average molecular weight is 322 g/mol. The molecular weight excluding hydrogens is 300 g/mol. The number of nitrogens with zero attached hydrogens (tertiary/aromatic N) is 1. The summed E-state index contributed by atoms with van der Waals surface area (Å²) in [5, 5.41) is 3.25. The maximum absolute atomic E-state index is 12.8. The predicted octanol–water partition coefficient (Wildman–Crippen LogP) is 3.66. The number of rotatable bonds is 3. The fraction of sp³-hybridized carbons (Fsp3) is 0.300. The molecule has 0 saturated carbocycles. The van der Waals surface area contributed by atoms with Gasteiger partial charge in [0.25, 0.3) is 5.91 Å². The minimum absolute atomic E-state index is 0.156. The number of imide groups is 1. The molecule has 0 radical (unpaired) electrons. The number of hydrogen-bond donors (Lipinski definition) is 1. The molecule has 124 valence electrons. The van der Waals surface area contributed by atoms with Crippen LogP contribution >= 0.6 is 0 Å². The van der Waals surface area contributed by atoms with Crippen molar-refractivity contribution in [1.82, 2.24) is 0 Å². The first-order valence-corrected chi connectivity index (χ1v) is 8.16. The smallest absolute Gasteiger partial charge is 0.256 e. The highest BCUT2D eigenvalue weighted by atomic mass is 16.2. The zero-order valence-electron chi connectivity index (χ0n) is 14.5. The summed E-state index contributed by atoms with van der Waals surface area (Å²) in [6.07, 6.45) is 0.180. The number of benzene rings is 2. The highest BCUT2D eigenvalue weighted by Crippen LogP contribution is 2.30. The Kier molecular flexibility index (Phi) is 4.14. The van der Waals surface area contributed by atoms with E-state index in [9.17, 15) is 9.59 Å². The second-order valence-electron chi connectivity index (χ2n) is 6.43. The Labute approximate surface area is 142 Å². The molecule has 24 heavy (non-hydrogen) atoms. The van der Waals surface area contributed by atoms with Crippen molar-refractivity contribution in [2.24, 2.45) is 0 Å². The van der Waals surface area contributed by atoms with Crippen molar-refractivity contribution in [2.45, 2.75) is 40.2 Å². The first kappa shape index (κ1) is 16.2. The topological polar surface area (TPSA) is 49.4 Å². The van der Waals surface area contributed by atoms with Crippen LogP contribution in [0.2, 0.25) is 0 Å². The summed E-state index contributed by atoms with van der Waals surface area (Å²) in [4.78, 5) is 26.6. The fourth-order valence-corrected chi connectivity index (χ4v) is 3.07. The number of carbonyl (C=O) groups excluding carboxylic acids is 2. The minimum atomic E-state index is -0.516. The molecule has 1 atom stereocenters. The Morgan fingerprint density at radius 2 is 1.54 bits per heavy atom. The molecule has 0 aliphatic carbocycles. The molecule has 3 rings (SSSR count). The standard InChI is InChI=1S/C20H22N2O2/c1-12-7-5-9-16(14(12)3)21-17-11-19(23)22(20(17)24)18-10-6-8-13(2)15(18)4/h5-10,17,21H,11H2,1-4H3/t17-/m1/s1. The second kappa shape index (κ2) is 6.11. The summed E-state index contributed by atoms with van der Waals surface area (Å²) < 4.78 is 0. The highest BCUT2D eigenvalue weighted by molar-refractivity contribution is 6.23. The van der Waals surface area contributed by atoms with Gasteiger partial charge in [-0.05, 0) is 62.1 Å². The van der Waals surface area contributed by atoms with Crippen LogP contribution in [0.4, 0.5) is 11.4 Å². The van der Waals surface area contributed by atoms with Crippen LogP contribution in [0.5, 0.6) is 0 Å². The molecule has 1 aliphatic rings. The number of amides is 2. The summed E-state index contributed by atoms with van der Waals surface area (Å²) in [7, 11) is 0. The van der Waals surface area contributed by atoms with E-state index in [0.717, 1.165) is 27.9 Å². The largest absolute Gasteiger partial charge is 0.373 e. The van der Waals surface area contributed by atoms with Crippen molar-refractivity contribution in [3.05, 3.63) is 58.7 Å². The van der Waals surface area contributed by atoms with Crippen molar-refractivity contribution in [2.75, 3.05) is 10.2 Å². The normalized spacial score (nSPS) is 17.5. The molecule has 1 aliphatic heterocycles. The lowest BCUT2D eigenvalue weighted by molar-refractivity contribution is -0.121. The summed E-state index contributed by atoms with van der Waals surface area (Å²) in [6.45, 7) is 7.97. The van der Waals surface area contributed by atoms with Crippen molar-refractivity contribution in [3.8, 4) is 0 Å². The third kappa shape index (κ3) is 2.68. The van der Waals surface area contributed by atoms with Gasteiger partial charge in [0, 0.05) is 5.69 Å². The van der Waals surface area contributed by atoms with Gasteiger partial charge >= 0.3 is 0 Å². The van der Waals surface area contributed by atoms with Crippen LogP contribution in [-0.2, 0) is 9.59 Å². The lowest BCUT2D eigenvalue weighted by Gasteiger charge is -2.20. The summed E-state index contributed by atoms with van der Waals surface area (Å²) >= 11 is 0. The first-order valence-electron chi connectivity index (χ1n) is 8.16. The number of aryl methyl sites for hydroxylation is 2. The maximum Gasteiger partial charge on any atom is 0.256 e. The summed E-state index contributed by atoms with van der Waals surface area (Å²) in [5.41, 5.74) is 5.89. The predicted molar refractivity (Wildman–Crippen MR) is 96.4 cm³/mol. The van der Waals surface area contributed by atoms with Gasteiger partial charge < -0.3 is 5.32 Å². The Balaban J connectivity index is 1.89. The van der Waals surface area contributed by atoms with Crippen LogP contribution in [0, 0.1) is 27.7 Å². The van der Waals surface area contributed by atoms with E-state index in [1.54, 1.807) is 0 Å². The van der Waals surface area contributed by atoms with Crippen LogP contribution in [-0.4, -0.2) is 17.9 Å². The van der Waals surface area contributed by atoms with E-state index in [1.165, 1.54) is 4.90 Å². The summed E-state index contributed by atoms with van der Waals surface area (Å²) in [5.74, 6) is -0.342. The molecule has 0 spiro atoms. The number of nitrogens with one attached hydrogen (secondary N) is 1. The lowest BCUT2D eigenvalue weighted by atomic mass is 10.1. The molecule has 1 saturated heterocycles. The third-order valence-electron chi connectivity index (χ3n) is 4.90. The van der Waals surface area contributed by atoms with Gasteiger partial charge in [0.05, 0.1) is 12.1 Å². The van der Waals surface area contributed by atoms with Crippen molar-refractivity contribution in [3.63, 3.8) is 0 Å². The van der Waals surface area contributed by atoms with Crippen LogP contribution in [0.15, 0.2) is 36.4 Å². The van der Waals surface area contributed by atoms with E-state index in [0.29, 0.717) is 5.69 Å². The number of anilines is 2. The van der Waals surface area contributed by atoms with E-state index in [2.05, 4.69) is 5.32 Å². The van der Waals surface area contributed by atoms with E-state index >= 15 is 0 Å². The van der Waals surface area contributed by atoms with Gasteiger partial charge in [-0.2, -0.15) is 0 Å². The van der Waals surface area contributed by atoms with Crippen molar-refractivity contribution >= 4 is 23.2 Å². The SMILES string of the molecule is Cc1cccc(N[C@@H]2CC(=O)N(c3cccc(C)c3C)C2=O)c1C. The van der Waals surface area contributed by atoms with E-state index < -0.39 is 6.04 Å². The van der Waals surface area contributed by atoms with Gasteiger partial charge in [0.15, 0.2) is 0 Å². The van der Waals surface area contributed by atoms with Crippen LogP contribution in [0.1, 0.15) is 28.7 Å². The molecule has 4 heteroatoms. The molecular formula is C20H22N2O2. The van der Waals surface area contributed by atoms with Gasteiger partial charge in [-0.25, -0.2) is 4.90 Å². The molecule has 1 fully saturated rings. The van der Waals surface area contributed by atoms with E-state index in [1.807, 2.05) is 64.1 Å². The van der Waals surface area contributed by atoms with Crippen LogP contribution in [0.3, 0.4) is 0 Å². The zero-order chi connectivity index (χ0) is 17.4. The highest BCUT2D eigenvalue weighted by Gasteiger charge is 2.40. The van der Waals surface area contributed by atoms with Gasteiger partial charge in [0.2, 0.25) is 5.91 Å². The monoisotopic (exact) mass is 322 g/mol. The Hall–Kier alpha value is -2.62. The molecule has 2 aromatic rings. The molecule has 1 heterocycles. The quantitative estimate of drug-likeness (QED) is 0.877. The van der Waals surface area contributed by atoms with Crippen LogP contribution in [0.25, 0.3) is 0 Å². The fourth-order valence-electron chi connectivity index (χ4n) is 3.07. The van der Waals surface area contributed by atoms with Crippen molar-refractivity contribution < 1.29 is 9.59 Å². The second-order valence-corrected chi connectivity index (χ2v) is 6.43. The van der Waals surface area contributed by atoms with Gasteiger partial charge in [-0.3, -0.25) is 9.59 Å². The van der Waals surface area contributed by atoms with E-state index in [4.69, 9.17) is 0 Å². The average Bonchev–Trinajstić information content (AvgIpc) is 2.81. The number of hydrogen-bond acceptors (Lipinski definition) is 3. The van der Waals surface area contributed by atoms with Gasteiger partial charge in [0.1, 0.15) is 6.04 Å². The van der Waals surface area contributed by atoms with Crippen LogP contribution < -0.4 is 10.2 Å². The molecule has 0 bridgehead atoms. The molecule has 2 aromatic carbocycles. The minimum Gasteiger partial charge on any atom is -0.373 e. The Morgan fingerprint density at radius 3 is 2.25 bits per heavy atom. The van der Waals surface area contributed by atoms with Crippen molar-refractivity contribution in [1.29, 1.82) is 0 Å². The zero-order valence-corrected chi connectivity index (χ0v) is 14.5. The molecule has 0 aromatic heterocycles. The number of carbonyl (C=O) groups is 2. The molecule has 4 nitrogen and oxygen atoms in total.